The average Bonchev–Trinajstić information content (AvgIpc) is 2.93. The van der Waals surface area contributed by atoms with Crippen LogP contribution in [0.1, 0.15) is 17.2 Å². The van der Waals surface area contributed by atoms with E-state index in [1.54, 1.807) is 30.1 Å². The van der Waals surface area contributed by atoms with Crippen molar-refractivity contribution in [1.82, 2.24) is 20.0 Å². The van der Waals surface area contributed by atoms with Crippen molar-refractivity contribution in [1.29, 1.82) is 0 Å². The molecule has 1 unspecified atom stereocenters. The lowest BCUT2D eigenvalue weighted by molar-refractivity contribution is 0.179. The molecule has 0 bridgehead atoms. The lowest BCUT2D eigenvalue weighted by atomic mass is 10.1. The van der Waals surface area contributed by atoms with E-state index >= 15 is 0 Å². The van der Waals surface area contributed by atoms with E-state index in [4.69, 9.17) is 0 Å². The Kier molecular flexibility index (Phi) is 5.70. The molecule has 0 spiro atoms. The molecule has 0 radical (unpaired) electrons. The van der Waals surface area contributed by atoms with Crippen molar-refractivity contribution in [3.63, 3.8) is 0 Å². The molecule has 0 saturated heterocycles. The minimum Gasteiger partial charge on any atom is -0.387 e. The van der Waals surface area contributed by atoms with Gasteiger partial charge >= 0.3 is 0 Å². The number of hydrogen-bond donors (Lipinski definition) is 2. The minimum absolute atomic E-state index is 0.287. The van der Waals surface area contributed by atoms with E-state index in [9.17, 15) is 9.50 Å². The number of aromatic nitrogens is 2. The van der Waals surface area contributed by atoms with Crippen LogP contribution in [-0.2, 0) is 13.6 Å². The summed E-state index contributed by atoms with van der Waals surface area (Å²) >= 11 is 0. The summed E-state index contributed by atoms with van der Waals surface area (Å²) in [7, 11) is 5.47. The standard InChI is InChI=1S/C16H22FN5O/c1-18-16(21(2)10-12-8-20-22(3)11-12)19-9-15(23)13-4-6-14(17)7-5-13/h4-8,11,15,23H,9-10H2,1-3H3,(H,18,19). The smallest absolute Gasteiger partial charge is 0.193 e. The second kappa shape index (κ2) is 7.73. The number of aliphatic hydroxyl groups is 1. The predicted octanol–water partition coefficient (Wildman–Crippen LogP) is 1.30. The Balaban J connectivity index is 1.90. The van der Waals surface area contributed by atoms with E-state index in [1.165, 1.54) is 12.1 Å². The molecule has 0 aliphatic carbocycles. The number of guanidine groups is 1. The van der Waals surface area contributed by atoms with Crippen LogP contribution in [0.15, 0.2) is 41.7 Å². The zero-order valence-corrected chi connectivity index (χ0v) is 13.6. The van der Waals surface area contributed by atoms with Crippen molar-refractivity contribution in [2.24, 2.45) is 12.0 Å². The summed E-state index contributed by atoms with van der Waals surface area (Å²) in [6.45, 7) is 0.940. The van der Waals surface area contributed by atoms with Crippen molar-refractivity contribution in [2.75, 3.05) is 20.6 Å². The van der Waals surface area contributed by atoms with E-state index < -0.39 is 6.10 Å². The fraction of sp³-hybridized carbons (Fsp3) is 0.375. The zero-order valence-electron chi connectivity index (χ0n) is 13.6. The van der Waals surface area contributed by atoms with Crippen molar-refractivity contribution < 1.29 is 9.50 Å². The van der Waals surface area contributed by atoms with E-state index in [2.05, 4.69) is 15.4 Å². The Bertz CT molecular complexity index is 653. The molecule has 0 amide bonds. The van der Waals surface area contributed by atoms with Crippen LogP contribution in [0.2, 0.25) is 0 Å². The summed E-state index contributed by atoms with van der Waals surface area (Å²) < 4.78 is 14.7. The van der Waals surface area contributed by atoms with Crippen LogP contribution >= 0.6 is 0 Å². The number of halogens is 1. The molecule has 2 N–H and O–H groups in total. The Morgan fingerprint density at radius 2 is 2.13 bits per heavy atom. The van der Waals surface area contributed by atoms with Crippen LogP contribution < -0.4 is 5.32 Å². The highest BCUT2D eigenvalue weighted by Gasteiger charge is 2.12. The molecule has 1 atom stereocenters. The molecular weight excluding hydrogens is 297 g/mol. The van der Waals surface area contributed by atoms with Gasteiger partial charge in [0.2, 0.25) is 0 Å². The average molecular weight is 319 g/mol. The molecule has 0 aliphatic rings. The Hall–Kier alpha value is -2.41. The third kappa shape index (κ3) is 4.79. The monoisotopic (exact) mass is 319 g/mol. The maximum atomic E-state index is 12.9. The van der Waals surface area contributed by atoms with Crippen molar-refractivity contribution >= 4 is 5.96 Å². The highest BCUT2D eigenvalue weighted by Crippen LogP contribution is 2.12. The third-order valence-corrected chi connectivity index (χ3v) is 3.46. The van der Waals surface area contributed by atoms with E-state index in [0.717, 1.165) is 5.56 Å². The summed E-state index contributed by atoms with van der Waals surface area (Å²) in [5.74, 6) is 0.343. The summed E-state index contributed by atoms with van der Waals surface area (Å²) in [4.78, 5) is 6.14. The molecule has 1 aromatic carbocycles. The normalized spacial score (nSPS) is 13.0. The number of aryl methyl sites for hydroxylation is 1. The van der Waals surface area contributed by atoms with Crippen LogP contribution in [-0.4, -0.2) is 46.4 Å². The highest BCUT2D eigenvalue weighted by atomic mass is 19.1. The lowest BCUT2D eigenvalue weighted by Gasteiger charge is -2.23. The Labute approximate surface area is 135 Å². The molecule has 1 heterocycles. The number of aliphatic hydroxyl groups excluding tert-OH is 1. The topological polar surface area (TPSA) is 65.7 Å². The SMILES string of the molecule is CN=C(NCC(O)c1ccc(F)cc1)N(C)Cc1cnn(C)c1. The van der Waals surface area contributed by atoms with Gasteiger partial charge < -0.3 is 15.3 Å². The molecule has 0 saturated carbocycles. The van der Waals surface area contributed by atoms with Gasteiger partial charge in [-0.25, -0.2) is 4.39 Å². The maximum absolute atomic E-state index is 12.9. The fourth-order valence-electron chi connectivity index (χ4n) is 2.28. The molecule has 0 fully saturated rings. The number of nitrogens with one attached hydrogen (secondary N) is 1. The van der Waals surface area contributed by atoms with Gasteiger partial charge in [0.1, 0.15) is 5.82 Å². The third-order valence-electron chi connectivity index (χ3n) is 3.46. The van der Waals surface area contributed by atoms with Gasteiger partial charge in [-0.2, -0.15) is 5.10 Å². The van der Waals surface area contributed by atoms with Crippen LogP contribution in [0.3, 0.4) is 0 Å². The van der Waals surface area contributed by atoms with Crippen LogP contribution in [0.4, 0.5) is 4.39 Å². The van der Waals surface area contributed by atoms with E-state index in [1.807, 2.05) is 25.2 Å². The lowest BCUT2D eigenvalue weighted by Crippen LogP contribution is -2.40. The Morgan fingerprint density at radius 1 is 1.43 bits per heavy atom. The van der Waals surface area contributed by atoms with Gasteiger partial charge in [-0.15, -0.1) is 0 Å². The largest absolute Gasteiger partial charge is 0.387 e. The van der Waals surface area contributed by atoms with Crippen molar-refractivity contribution in [3.05, 3.63) is 53.6 Å². The summed E-state index contributed by atoms with van der Waals surface area (Å²) in [6.07, 6.45) is 3.01. The van der Waals surface area contributed by atoms with Gasteiger partial charge in [-0.1, -0.05) is 12.1 Å². The van der Waals surface area contributed by atoms with Gasteiger partial charge in [0, 0.05) is 46.0 Å². The van der Waals surface area contributed by atoms with Gasteiger partial charge in [-0.3, -0.25) is 9.67 Å². The molecular formula is C16H22FN5O. The zero-order chi connectivity index (χ0) is 16.8. The van der Waals surface area contributed by atoms with Gasteiger partial charge in [0.05, 0.1) is 12.3 Å². The molecule has 6 nitrogen and oxygen atoms in total. The molecule has 2 rings (SSSR count). The molecule has 1 aromatic heterocycles. The number of nitrogens with zero attached hydrogens (tertiary/aromatic N) is 4. The number of benzene rings is 1. The number of rotatable bonds is 5. The highest BCUT2D eigenvalue weighted by molar-refractivity contribution is 5.79. The first-order valence-electron chi connectivity index (χ1n) is 7.32. The summed E-state index contributed by atoms with van der Waals surface area (Å²) in [5, 5.41) is 17.4. The first-order chi connectivity index (χ1) is 11.0. The van der Waals surface area contributed by atoms with Gasteiger partial charge in [0.15, 0.2) is 5.96 Å². The first kappa shape index (κ1) is 17.0. The molecule has 7 heteroatoms. The quantitative estimate of drug-likeness (QED) is 0.644. The van der Waals surface area contributed by atoms with Crippen LogP contribution in [0, 0.1) is 5.82 Å². The van der Waals surface area contributed by atoms with Gasteiger partial charge in [-0.05, 0) is 17.7 Å². The van der Waals surface area contributed by atoms with Crippen molar-refractivity contribution in [3.8, 4) is 0 Å². The second-order valence-corrected chi connectivity index (χ2v) is 5.37. The molecule has 23 heavy (non-hydrogen) atoms. The fourth-order valence-corrected chi connectivity index (χ4v) is 2.28. The van der Waals surface area contributed by atoms with E-state index in [-0.39, 0.29) is 12.4 Å². The predicted molar refractivity (Wildman–Crippen MR) is 87.4 cm³/mol. The summed E-state index contributed by atoms with van der Waals surface area (Å²) in [6, 6.07) is 5.82. The molecule has 124 valence electrons. The van der Waals surface area contributed by atoms with Crippen LogP contribution in [0.5, 0.6) is 0 Å². The minimum atomic E-state index is -0.737. The Morgan fingerprint density at radius 3 is 2.70 bits per heavy atom. The van der Waals surface area contributed by atoms with Crippen molar-refractivity contribution in [2.45, 2.75) is 12.6 Å². The first-order valence-corrected chi connectivity index (χ1v) is 7.32. The molecule has 0 aliphatic heterocycles. The molecule has 2 aromatic rings. The van der Waals surface area contributed by atoms with Gasteiger partial charge in [0.25, 0.3) is 0 Å². The summed E-state index contributed by atoms with van der Waals surface area (Å²) in [5.41, 5.74) is 1.72. The van der Waals surface area contributed by atoms with Crippen LogP contribution in [0.25, 0.3) is 0 Å². The maximum Gasteiger partial charge on any atom is 0.193 e. The number of aliphatic imine (C=N–C) groups is 1. The second-order valence-electron chi connectivity index (χ2n) is 5.37. The number of hydrogen-bond acceptors (Lipinski definition) is 3. The van der Waals surface area contributed by atoms with E-state index in [0.29, 0.717) is 18.1 Å².